The van der Waals surface area contributed by atoms with E-state index in [1.807, 2.05) is 13.0 Å². The molecule has 1 heterocycles. The van der Waals surface area contributed by atoms with E-state index in [9.17, 15) is 5.11 Å². The number of para-hydroxylation sites is 1. The van der Waals surface area contributed by atoms with Crippen molar-refractivity contribution >= 4 is 5.69 Å². The van der Waals surface area contributed by atoms with E-state index in [4.69, 9.17) is 0 Å². The Kier molecular flexibility index (Phi) is 4.28. The number of hydrogen-bond acceptors (Lipinski definition) is 2. The Balaban J connectivity index is 2.26. The third kappa shape index (κ3) is 2.86. The lowest BCUT2D eigenvalue weighted by Gasteiger charge is -2.38. The van der Waals surface area contributed by atoms with Gasteiger partial charge in [-0.1, -0.05) is 39.0 Å². The molecule has 2 unspecified atom stereocenters. The smallest absolute Gasteiger partial charge is 0.0807 e. The van der Waals surface area contributed by atoms with Crippen molar-refractivity contribution in [1.82, 2.24) is 0 Å². The molecule has 100 valence electrons. The highest BCUT2D eigenvalue weighted by molar-refractivity contribution is 5.55. The van der Waals surface area contributed by atoms with Crippen LogP contribution >= 0.6 is 0 Å². The highest BCUT2D eigenvalue weighted by atomic mass is 16.3. The first-order valence-electron chi connectivity index (χ1n) is 7.13. The van der Waals surface area contributed by atoms with Crippen LogP contribution in [0.4, 0.5) is 5.69 Å². The third-order valence-corrected chi connectivity index (χ3v) is 3.89. The lowest BCUT2D eigenvalue weighted by atomic mass is 9.90. The summed E-state index contributed by atoms with van der Waals surface area (Å²) in [7, 11) is 0. The minimum Gasteiger partial charge on any atom is -0.388 e. The predicted octanol–water partition coefficient (Wildman–Crippen LogP) is 3.61. The van der Waals surface area contributed by atoms with Crippen molar-refractivity contribution in [1.29, 1.82) is 0 Å². The fourth-order valence-corrected chi connectivity index (χ4v) is 3.14. The molecule has 1 fully saturated rings. The lowest BCUT2D eigenvalue weighted by Crippen LogP contribution is -2.39. The molecule has 1 aromatic rings. The minimum atomic E-state index is -0.339. The average molecular weight is 247 g/mol. The maximum atomic E-state index is 10.1. The van der Waals surface area contributed by atoms with Gasteiger partial charge in [-0.2, -0.15) is 0 Å². The zero-order valence-corrected chi connectivity index (χ0v) is 11.8. The monoisotopic (exact) mass is 247 g/mol. The number of anilines is 1. The summed E-state index contributed by atoms with van der Waals surface area (Å²) >= 11 is 0. The largest absolute Gasteiger partial charge is 0.388 e. The third-order valence-electron chi connectivity index (χ3n) is 3.89. The summed E-state index contributed by atoms with van der Waals surface area (Å²) in [5.41, 5.74) is 2.31. The van der Waals surface area contributed by atoms with Gasteiger partial charge in [0.1, 0.15) is 0 Å². The molecule has 0 aliphatic carbocycles. The van der Waals surface area contributed by atoms with Crippen LogP contribution in [-0.2, 0) is 0 Å². The standard InChI is InChI=1S/C16H25NO/c1-4-16(18)14-7-5-6-8-15(14)17-10-12(2)9-13(3)11-17/h5-8,12-13,16,18H,4,9-11H2,1-3H3/t12?,13?,16-/m0/s1. The van der Waals surface area contributed by atoms with Gasteiger partial charge in [-0.3, -0.25) is 0 Å². The molecule has 0 saturated carbocycles. The van der Waals surface area contributed by atoms with Crippen molar-refractivity contribution in [3.05, 3.63) is 29.8 Å². The fourth-order valence-electron chi connectivity index (χ4n) is 3.14. The van der Waals surface area contributed by atoms with Crippen molar-refractivity contribution in [3.8, 4) is 0 Å². The molecule has 1 saturated heterocycles. The number of aliphatic hydroxyl groups is 1. The Morgan fingerprint density at radius 1 is 1.22 bits per heavy atom. The number of benzene rings is 1. The Hall–Kier alpha value is -1.02. The number of aliphatic hydroxyl groups excluding tert-OH is 1. The summed E-state index contributed by atoms with van der Waals surface area (Å²) < 4.78 is 0. The van der Waals surface area contributed by atoms with Gasteiger partial charge in [0.15, 0.2) is 0 Å². The molecule has 18 heavy (non-hydrogen) atoms. The van der Waals surface area contributed by atoms with Crippen LogP contribution in [-0.4, -0.2) is 18.2 Å². The van der Waals surface area contributed by atoms with Crippen molar-refractivity contribution in [2.24, 2.45) is 11.8 Å². The van der Waals surface area contributed by atoms with E-state index >= 15 is 0 Å². The van der Waals surface area contributed by atoms with Crippen molar-refractivity contribution in [2.75, 3.05) is 18.0 Å². The Labute approximate surface area is 111 Å². The second-order valence-corrected chi connectivity index (χ2v) is 5.83. The SMILES string of the molecule is CC[C@H](O)c1ccccc1N1CC(C)CC(C)C1. The molecule has 0 spiro atoms. The van der Waals surface area contributed by atoms with Crippen molar-refractivity contribution in [3.63, 3.8) is 0 Å². The molecule has 0 aromatic heterocycles. The van der Waals surface area contributed by atoms with Gasteiger partial charge >= 0.3 is 0 Å². The van der Waals surface area contributed by atoms with E-state index in [2.05, 4.69) is 36.9 Å². The van der Waals surface area contributed by atoms with E-state index in [0.29, 0.717) is 0 Å². The fraction of sp³-hybridized carbons (Fsp3) is 0.625. The van der Waals surface area contributed by atoms with Crippen LogP contribution in [0.3, 0.4) is 0 Å². The van der Waals surface area contributed by atoms with Crippen LogP contribution in [0.2, 0.25) is 0 Å². The number of nitrogens with zero attached hydrogens (tertiary/aromatic N) is 1. The summed E-state index contributed by atoms with van der Waals surface area (Å²) in [5, 5.41) is 10.1. The molecule has 0 bridgehead atoms. The van der Waals surface area contributed by atoms with Crippen molar-refractivity contribution < 1.29 is 5.11 Å². The molecule has 1 aromatic carbocycles. The Morgan fingerprint density at radius 3 is 2.44 bits per heavy atom. The van der Waals surface area contributed by atoms with Gasteiger partial charge in [-0.15, -0.1) is 0 Å². The molecule has 1 N–H and O–H groups in total. The van der Waals surface area contributed by atoms with Gasteiger partial charge in [-0.05, 0) is 30.7 Å². The van der Waals surface area contributed by atoms with Gasteiger partial charge in [0.2, 0.25) is 0 Å². The van der Waals surface area contributed by atoms with Crippen LogP contribution in [0, 0.1) is 11.8 Å². The lowest BCUT2D eigenvalue weighted by molar-refractivity contribution is 0.173. The van der Waals surface area contributed by atoms with Crippen LogP contribution in [0.1, 0.15) is 45.3 Å². The highest BCUT2D eigenvalue weighted by Gasteiger charge is 2.24. The molecule has 2 nitrogen and oxygen atoms in total. The van der Waals surface area contributed by atoms with Gasteiger partial charge < -0.3 is 10.0 Å². The quantitative estimate of drug-likeness (QED) is 0.882. The molecule has 3 atom stereocenters. The summed E-state index contributed by atoms with van der Waals surface area (Å²) in [6, 6.07) is 8.31. The molecule has 1 aliphatic rings. The normalized spacial score (nSPS) is 26.1. The number of piperidine rings is 1. The first kappa shape index (κ1) is 13.4. The summed E-state index contributed by atoms with van der Waals surface area (Å²) in [4.78, 5) is 2.45. The predicted molar refractivity (Wildman–Crippen MR) is 76.9 cm³/mol. The molecule has 2 heteroatoms. The molecule has 2 rings (SSSR count). The number of hydrogen-bond donors (Lipinski definition) is 1. The first-order valence-corrected chi connectivity index (χ1v) is 7.13. The minimum absolute atomic E-state index is 0.339. The first-order chi connectivity index (χ1) is 8.61. The average Bonchev–Trinajstić information content (AvgIpc) is 2.36. The maximum Gasteiger partial charge on any atom is 0.0807 e. The molecule has 1 aliphatic heterocycles. The van der Waals surface area contributed by atoms with Gasteiger partial charge in [0, 0.05) is 24.3 Å². The topological polar surface area (TPSA) is 23.5 Å². The van der Waals surface area contributed by atoms with Gasteiger partial charge in [-0.25, -0.2) is 0 Å². The van der Waals surface area contributed by atoms with Crippen molar-refractivity contribution in [2.45, 2.75) is 39.7 Å². The zero-order valence-electron chi connectivity index (χ0n) is 11.8. The van der Waals surface area contributed by atoms with Crippen LogP contribution in [0.5, 0.6) is 0 Å². The molecule has 0 amide bonds. The maximum absolute atomic E-state index is 10.1. The zero-order chi connectivity index (χ0) is 13.1. The van der Waals surface area contributed by atoms with E-state index in [1.54, 1.807) is 0 Å². The summed E-state index contributed by atoms with van der Waals surface area (Å²) in [6.45, 7) is 8.89. The van der Waals surface area contributed by atoms with E-state index in [0.717, 1.165) is 36.9 Å². The Bertz CT molecular complexity index is 380. The van der Waals surface area contributed by atoms with Gasteiger partial charge in [0.05, 0.1) is 6.10 Å². The Morgan fingerprint density at radius 2 is 1.83 bits per heavy atom. The second-order valence-electron chi connectivity index (χ2n) is 5.83. The molecule has 0 radical (unpaired) electrons. The molecular weight excluding hydrogens is 222 g/mol. The summed E-state index contributed by atoms with van der Waals surface area (Å²) in [5.74, 6) is 1.47. The highest BCUT2D eigenvalue weighted by Crippen LogP contribution is 2.32. The van der Waals surface area contributed by atoms with Crippen LogP contribution in [0.15, 0.2) is 24.3 Å². The number of rotatable bonds is 3. The van der Waals surface area contributed by atoms with Crippen LogP contribution < -0.4 is 4.90 Å². The van der Waals surface area contributed by atoms with E-state index in [1.165, 1.54) is 12.1 Å². The second kappa shape index (κ2) is 5.75. The van der Waals surface area contributed by atoms with Crippen LogP contribution in [0.25, 0.3) is 0 Å². The van der Waals surface area contributed by atoms with Gasteiger partial charge in [0.25, 0.3) is 0 Å². The summed E-state index contributed by atoms with van der Waals surface area (Å²) in [6.07, 6.45) is 1.75. The van der Waals surface area contributed by atoms with E-state index in [-0.39, 0.29) is 6.10 Å². The van der Waals surface area contributed by atoms with E-state index < -0.39 is 0 Å². The molecular formula is C16H25NO.